The van der Waals surface area contributed by atoms with Crippen molar-refractivity contribution in [3.05, 3.63) is 34.9 Å². The van der Waals surface area contributed by atoms with Gasteiger partial charge in [-0.15, -0.1) is 0 Å². The molecule has 3 unspecified atom stereocenters. The number of hydrogen-bond donors (Lipinski definition) is 2. The Kier molecular flexibility index (Phi) is 5.13. The van der Waals surface area contributed by atoms with Crippen LogP contribution in [0, 0.1) is 19.8 Å². The fraction of sp³-hybridized carbons (Fsp3) is 0.600. The fourth-order valence-corrected chi connectivity index (χ4v) is 3.76. The van der Waals surface area contributed by atoms with Crippen LogP contribution in [0.4, 0.5) is 0 Å². The van der Waals surface area contributed by atoms with Gasteiger partial charge in [-0.25, -0.2) is 0 Å². The van der Waals surface area contributed by atoms with Crippen LogP contribution in [0.5, 0.6) is 0 Å². The standard InChI is InChI=1S/C20H28N2O3/c1-12-9-13(2)11-16(10-12)17-5-4-8-22(17)20(25)18(14(3)23)21-19(24)15-6-7-15/h9-11,14-15,17-18,23H,4-8H2,1-3H3,(H,21,24). The summed E-state index contributed by atoms with van der Waals surface area (Å²) < 4.78 is 0. The minimum atomic E-state index is -0.907. The highest BCUT2D eigenvalue weighted by atomic mass is 16.3. The van der Waals surface area contributed by atoms with Crippen molar-refractivity contribution < 1.29 is 14.7 Å². The van der Waals surface area contributed by atoms with Gasteiger partial charge in [0.25, 0.3) is 0 Å². The van der Waals surface area contributed by atoms with Crippen LogP contribution in [0.15, 0.2) is 18.2 Å². The lowest BCUT2D eigenvalue weighted by atomic mass is 9.99. The molecule has 2 amide bonds. The summed E-state index contributed by atoms with van der Waals surface area (Å²) in [5.74, 6) is -0.269. The molecule has 1 saturated carbocycles. The highest BCUT2D eigenvalue weighted by Gasteiger charge is 2.39. The molecule has 3 atom stereocenters. The van der Waals surface area contributed by atoms with Gasteiger partial charge in [0, 0.05) is 12.5 Å². The third-order valence-electron chi connectivity index (χ3n) is 5.16. The summed E-state index contributed by atoms with van der Waals surface area (Å²) in [6.45, 7) is 6.36. The molecule has 2 fully saturated rings. The Labute approximate surface area is 149 Å². The van der Waals surface area contributed by atoms with E-state index >= 15 is 0 Å². The van der Waals surface area contributed by atoms with Gasteiger partial charge in [0.15, 0.2) is 0 Å². The molecule has 0 spiro atoms. The molecule has 2 aliphatic rings. The van der Waals surface area contributed by atoms with Crippen molar-refractivity contribution in [3.63, 3.8) is 0 Å². The van der Waals surface area contributed by atoms with Crippen molar-refractivity contribution in [2.45, 2.75) is 64.6 Å². The molecule has 5 heteroatoms. The number of amides is 2. The second kappa shape index (κ2) is 7.16. The molecule has 0 bridgehead atoms. The van der Waals surface area contributed by atoms with Gasteiger partial charge in [0.2, 0.25) is 11.8 Å². The van der Waals surface area contributed by atoms with E-state index in [0.717, 1.165) is 31.2 Å². The van der Waals surface area contributed by atoms with Crippen LogP contribution < -0.4 is 5.32 Å². The number of carbonyl (C=O) groups is 2. The molecule has 1 aliphatic carbocycles. The van der Waals surface area contributed by atoms with Crippen LogP contribution in [0.25, 0.3) is 0 Å². The van der Waals surface area contributed by atoms with Gasteiger partial charge in [-0.05, 0) is 52.0 Å². The van der Waals surface area contributed by atoms with Gasteiger partial charge in [-0.3, -0.25) is 9.59 Å². The number of rotatable bonds is 5. The van der Waals surface area contributed by atoms with Gasteiger partial charge >= 0.3 is 0 Å². The maximum atomic E-state index is 13.1. The quantitative estimate of drug-likeness (QED) is 0.861. The number of carbonyl (C=O) groups excluding carboxylic acids is 2. The van der Waals surface area contributed by atoms with Gasteiger partial charge in [-0.1, -0.05) is 29.3 Å². The van der Waals surface area contributed by atoms with E-state index in [1.165, 1.54) is 11.1 Å². The molecular weight excluding hydrogens is 316 g/mol. The molecule has 136 valence electrons. The molecule has 1 aliphatic heterocycles. The highest BCUT2D eigenvalue weighted by molar-refractivity contribution is 5.90. The molecule has 3 rings (SSSR count). The third-order valence-corrected chi connectivity index (χ3v) is 5.16. The lowest BCUT2D eigenvalue weighted by Gasteiger charge is -2.31. The molecule has 1 aromatic carbocycles. The largest absolute Gasteiger partial charge is 0.391 e. The molecule has 1 saturated heterocycles. The minimum absolute atomic E-state index is 0.0165. The summed E-state index contributed by atoms with van der Waals surface area (Å²) in [5.41, 5.74) is 3.51. The molecule has 0 radical (unpaired) electrons. The Bertz CT molecular complexity index is 647. The monoisotopic (exact) mass is 344 g/mol. The first-order valence-corrected chi connectivity index (χ1v) is 9.24. The first-order chi connectivity index (χ1) is 11.9. The zero-order valence-electron chi connectivity index (χ0n) is 15.3. The van der Waals surface area contributed by atoms with Crippen LogP contribution in [0.1, 0.15) is 55.3 Å². The minimum Gasteiger partial charge on any atom is -0.391 e. The van der Waals surface area contributed by atoms with E-state index in [9.17, 15) is 14.7 Å². The first kappa shape index (κ1) is 17.9. The average molecular weight is 344 g/mol. The van der Waals surface area contributed by atoms with Crippen molar-refractivity contribution in [2.24, 2.45) is 5.92 Å². The van der Waals surface area contributed by atoms with E-state index in [1.54, 1.807) is 6.92 Å². The Morgan fingerprint density at radius 2 is 1.80 bits per heavy atom. The van der Waals surface area contributed by atoms with E-state index < -0.39 is 12.1 Å². The molecular formula is C20H28N2O3. The Morgan fingerprint density at radius 1 is 1.16 bits per heavy atom. The van der Waals surface area contributed by atoms with Crippen LogP contribution in [0.2, 0.25) is 0 Å². The summed E-state index contributed by atoms with van der Waals surface area (Å²) in [7, 11) is 0. The summed E-state index contributed by atoms with van der Waals surface area (Å²) in [5, 5.41) is 12.8. The predicted octanol–water partition coefficient (Wildman–Crippen LogP) is 2.24. The number of aliphatic hydroxyl groups excluding tert-OH is 1. The van der Waals surface area contributed by atoms with Crippen molar-refractivity contribution >= 4 is 11.8 Å². The predicted molar refractivity (Wildman–Crippen MR) is 95.9 cm³/mol. The maximum Gasteiger partial charge on any atom is 0.248 e. The zero-order chi connectivity index (χ0) is 18.1. The van der Waals surface area contributed by atoms with E-state index in [4.69, 9.17) is 0 Å². The molecule has 0 aromatic heterocycles. The fourth-order valence-electron chi connectivity index (χ4n) is 3.76. The second-order valence-corrected chi connectivity index (χ2v) is 7.61. The van der Waals surface area contributed by atoms with Crippen LogP contribution >= 0.6 is 0 Å². The van der Waals surface area contributed by atoms with E-state index in [2.05, 4.69) is 37.4 Å². The normalized spacial score (nSPS) is 22.6. The summed E-state index contributed by atoms with van der Waals surface area (Å²) in [6, 6.07) is 5.54. The maximum absolute atomic E-state index is 13.1. The Balaban J connectivity index is 1.79. The van der Waals surface area contributed by atoms with Crippen LogP contribution in [0.3, 0.4) is 0 Å². The summed E-state index contributed by atoms with van der Waals surface area (Å²) >= 11 is 0. The van der Waals surface area contributed by atoms with Crippen LogP contribution in [-0.2, 0) is 9.59 Å². The lowest BCUT2D eigenvalue weighted by molar-refractivity contribution is -0.140. The summed E-state index contributed by atoms with van der Waals surface area (Å²) in [4.78, 5) is 27.0. The first-order valence-electron chi connectivity index (χ1n) is 9.24. The summed E-state index contributed by atoms with van der Waals surface area (Å²) in [6.07, 6.45) is 2.70. The SMILES string of the molecule is Cc1cc(C)cc(C2CCCN2C(=O)C(NC(=O)C2CC2)C(C)O)c1. The van der Waals surface area contributed by atoms with E-state index in [0.29, 0.717) is 6.54 Å². The van der Waals surface area contributed by atoms with Crippen molar-refractivity contribution in [3.8, 4) is 0 Å². The second-order valence-electron chi connectivity index (χ2n) is 7.61. The lowest BCUT2D eigenvalue weighted by Crippen LogP contribution is -2.53. The van der Waals surface area contributed by atoms with Crippen molar-refractivity contribution in [1.29, 1.82) is 0 Å². The van der Waals surface area contributed by atoms with E-state index in [1.807, 2.05) is 4.90 Å². The number of hydrogen-bond acceptors (Lipinski definition) is 3. The number of benzene rings is 1. The zero-order valence-corrected chi connectivity index (χ0v) is 15.3. The topological polar surface area (TPSA) is 69.6 Å². The smallest absolute Gasteiger partial charge is 0.248 e. The van der Waals surface area contributed by atoms with Gasteiger partial charge in [0.1, 0.15) is 6.04 Å². The van der Waals surface area contributed by atoms with Crippen molar-refractivity contribution in [1.82, 2.24) is 10.2 Å². The van der Waals surface area contributed by atoms with Gasteiger partial charge < -0.3 is 15.3 Å². The highest BCUT2D eigenvalue weighted by Crippen LogP contribution is 2.34. The third kappa shape index (κ3) is 4.03. The van der Waals surface area contributed by atoms with E-state index in [-0.39, 0.29) is 23.8 Å². The molecule has 1 heterocycles. The molecule has 5 nitrogen and oxygen atoms in total. The van der Waals surface area contributed by atoms with Gasteiger partial charge in [-0.2, -0.15) is 0 Å². The van der Waals surface area contributed by atoms with Crippen molar-refractivity contribution in [2.75, 3.05) is 6.54 Å². The van der Waals surface area contributed by atoms with Crippen LogP contribution in [-0.4, -0.2) is 40.5 Å². The number of aryl methyl sites for hydroxylation is 2. The molecule has 2 N–H and O–H groups in total. The molecule has 1 aromatic rings. The number of nitrogens with one attached hydrogen (secondary N) is 1. The number of aliphatic hydroxyl groups is 1. The Morgan fingerprint density at radius 3 is 2.36 bits per heavy atom. The molecule has 25 heavy (non-hydrogen) atoms. The van der Waals surface area contributed by atoms with Gasteiger partial charge in [0.05, 0.1) is 12.1 Å². The number of likely N-dealkylation sites (tertiary alicyclic amines) is 1. The average Bonchev–Trinajstić information content (AvgIpc) is 3.27. The Hall–Kier alpha value is -1.88. The number of nitrogens with zero attached hydrogens (tertiary/aromatic N) is 1.